The first-order valence-corrected chi connectivity index (χ1v) is 5.43. The number of carbonyl (C=O) groups is 1. The summed E-state index contributed by atoms with van der Waals surface area (Å²) in [6, 6.07) is 7.58. The van der Waals surface area contributed by atoms with Crippen LogP contribution in [0.4, 0.5) is 0 Å². The summed E-state index contributed by atoms with van der Waals surface area (Å²) < 4.78 is 10.1. The highest BCUT2D eigenvalue weighted by Gasteiger charge is 2.32. The molecule has 0 heterocycles. The van der Waals surface area contributed by atoms with Gasteiger partial charge in [0.25, 0.3) is 0 Å². The van der Waals surface area contributed by atoms with Crippen molar-refractivity contribution in [2.45, 2.75) is 25.4 Å². The van der Waals surface area contributed by atoms with E-state index in [9.17, 15) is 4.79 Å². The van der Waals surface area contributed by atoms with Gasteiger partial charge in [-0.2, -0.15) is 0 Å². The largest absolute Gasteiger partial charge is 0.497 e. The van der Waals surface area contributed by atoms with Crippen molar-refractivity contribution in [3.63, 3.8) is 0 Å². The third-order valence-corrected chi connectivity index (χ3v) is 2.95. The molecule has 0 saturated heterocycles. The number of rotatable bonds is 6. The first-order chi connectivity index (χ1) is 8.01. The van der Waals surface area contributed by atoms with E-state index in [-0.39, 0.29) is 0 Å². The predicted molar refractivity (Wildman–Crippen MR) is 64.4 cm³/mol. The zero-order valence-electron chi connectivity index (χ0n) is 10.4. The molecule has 0 spiro atoms. The van der Waals surface area contributed by atoms with E-state index in [1.54, 1.807) is 14.0 Å². The van der Waals surface area contributed by atoms with Crippen LogP contribution < -0.4 is 4.74 Å². The molecular formula is C13H18O4. The van der Waals surface area contributed by atoms with Crippen LogP contribution in [-0.4, -0.2) is 30.9 Å². The van der Waals surface area contributed by atoms with Crippen LogP contribution in [0.1, 0.15) is 18.9 Å². The van der Waals surface area contributed by atoms with Crippen LogP contribution in [0.25, 0.3) is 0 Å². The van der Waals surface area contributed by atoms with E-state index in [2.05, 4.69) is 0 Å². The maximum atomic E-state index is 11.0. The fraction of sp³-hybridized carbons (Fsp3) is 0.462. The first-order valence-electron chi connectivity index (χ1n) is 5.43. The van der Waals surface area contributed by atoms with Crippen molar-refractivity contribution in [3.05, 3.63) is 29.8 Å². The smallest absolute Gasteiger partial charge is 0.335 e. The van der Waals surface area contributed by atoms with Crippen molar-refractivity contribution in [1.29, 1.82) is 0 Å². The molecule has 1 aromatic carbocycles. The molecule has 1 aromatic rings. The van der Waals surface area contributed by atoms with Gasteiger partial charge < -0.3 is 14.6 Å². The SMILES string of the molecule is COc1ccc(CCC(C)(OC)C(=O)O)cc1. The quantitative estimate of drug-likeness (QED) is 0.824. The highest BCUT2D eigenvalue weighted by atomic mass is 16.5. The van der Waals surface area contributed by atoms with E-state index in [0.717, 1.165) is 11.3 Å². The fourth-order valence-corrected chi connectivity index (χ4v) is 1.47. The molecule has 0 fully saturated rings. The van der Waals surface area contributed by atoms with Crippen LogP contribution in [0, 0.1) is 0 Å². The summed E-state index contributed by atoms with van der Waals surface area (Å²) in [4.78, 5) is 11.0. The zero-order chi connectivity index (χ0) is 12.9. The second kappa shape index (κ2) is 5.68. The van der Waals surface area contributed by atoms with Crippen LogP contribution >= 0.6 is 0 Å². The normalized spacial score (nSPS) is 14.1. The minimum atomic E-state index is -1.13. The number of methoxy groups -OCH3 is 2. The Hall–Kier alpha value is -1.55. The maximum absolute atomic E-state index is 11.0. The van der Waals surface area contributed by atoms with Gasteiger partial charge in [-0.05, 0) is 37.5 Å². The lowest BCUT2D eigenvalue weighted by molar-refractivity contribution is -0.160. The van der Waals surface area contributed by atoms with Gasteiger partial charge in [0.05, 0.1) is 7.11 Å². The van der Waals surface area contributed by atoms with Crippen molar-refractivity contribution in [2.75, 3.05) is 14.2 Å². The minimum Gasteiger partial charge on any atom is -0.497 e. The molecule has 0 amide bonds. The number of aliphatic carboxylic acids is 1. The van der Waals surface area contributed by atoms with Crippen LogP contribution in [0.5, 0.6) is 5.75 Å². The average molecular weight is 238 g/mol. The van der Waals surface area contributed by atoms with Crippen LogP contribution in [0.2, 0.25) is 0 Å². The fourth-order valence-electron chi connectivity index (χ4n) is 1.47. The van der Waals surface area contributed by atoms with E-state index in [1.165, 1.54) is 7.11 Å². The molecule has 4 heteroatoms. The molecular weight excluding hydrogens is 220 g/mol. The zero-order valence-corrected chi connectivity index (χ0v) is 10.4. The van der Waals surface area contributed by atoms with Gasteiger partial charge >= 0.3 is 5.97 Å². The molecule has 94 valence electrons. The van der Waals surface area contributed by atoms with Crippen molar-refractivity contribution in [1.82, 2.24) is 0 Å². The summed E-state index contributed by atoms with van der Waals surface area (Å²) in [5.74, 6) is -0.144. The number of carboxylic acids is 1. The number of hydrogen-bond donors (Lipinski definition) is 1. The predicted octanol–water partition coefficient (Wildman–Crippen LogP) is 2.12. The minimum absolute atomic E-state index is 0.436. The Morgan fingerprint density at radius 3 is 2.29 bits per heavy atom. The lowest BCUT2D eigenvalue weighted by Gasteiger charge is -2.22. The van der Waals surface area contributed by atoms with Crippen LogP contribution in [0.15, 0.2) is 24.3 Å². The molecule has 4 nitrogen and oxygen atoms in total. The molecule has 0 radical (unpaired) electrons. The first kappa shape index (κ1) is 13.5. The van der Waals surface area contributed by atoms with Gasteiger partial charge in [0.2, 0.25) is 0 Å². The molecule has 1 N–H and O–H groups in total. The van der Waals surface area contributed by atoms with Gasteiger partial charge in [-0.1, -0.05) is 12.1 Å². The lowest BCUT2D eigenvalue weighted by Crippen LogP contribution is -2.37. The number of carboxylic acid groups (broad SMARTS) is 1. The summed E-state index contributed by atoms with van der Waals surface area (Å²) in [5.41, 5.74) is -0.0600. The van der Waals surface area contributed by atoms with Gasteiger partial charge in [0, 0.05) is 7.11 Å². The van der Waals surface area contributed by atoms with Crippen molar-refractivity contribution < 1.29 is 19.4 Å². The summed E-state index contributed by atoms with van der Waals surface area (Å²) in [6.07, 6.45) is 1.09. The second-order valence-electron chi connectivity index (χ2n) is 4.09. The van der Waals surface area contributed by atoms with E-state index < -0.39 is 11.6 Å². The molecule has 0 aliphatic carbocycles. The second-order valence-corrected chi connectivity index (χ2v) is 4.09. The molecule has 0 aliphatic heterocycles. The Morgan fingerprint density at radius 1 is 1.29 bits per heavy atom. The summed E-state index contributed by atoms with van der Waals surface area (Å²) in [6.45, 7) is 1.58. The third-order valence-electron chi connectivity index (χ3n) is 2.95. The van der Waals surface area contributed by atoms with E-state index in [4.69, 9.17) is 14.6 Å². The average Bonchev–Trinajstić information content (AvgIpc) is 2.36. The Balaban J connectivity index is 2.63. The molecule has 0 bridgehead atoms. The number of ether oxygens (including phenoxy) is 2. The molecule has 0 aromatic heterocycles. The maximum Gasteiger partial charge on any atom is 0.335 e. The monoisotopic (exact) mass is 238 g/mol. The van der Waals surface area contributed by atoms with Gasteiger partial charge in [-0.15, -0.1) is 0 Å². The summed E-state index contributed by atoms with van der Waals surface area (Å²) in [7, 11) is 3.03. The van der Waals surface area contributed by atoms with E-state index >= 15 is 0 Å². The number of hydrogen-bond acceptors (Lipinski definition) is 3. The van der Waals surface area contributed by atoms with Gasteiger partial charge in [-0.3, -0.25) is 0 Å². The molecule has 1 unspecified atom stereocenters. The topological polar surface area (TPSA) is 55.8 Å². The van der Waals surface area contributed by atoms with Gasteiger partial charge in [0.1, 0.15) is 5.75 Å². The Morgan fingerprint density at radius 2 is 1.88 bits per heavy atom. The third kappa shape index (κ3) is 3.46. The molecule has 1 rings (SSSR count). The van der Waals surface area contributed by atoms with Gasteiger partial charge in [0.15, 0.2) is 5.60 Å². The van der Waals surface area contributed by atoms with E-state index in [0.29, 0.717) is 12.8 Å². The van der Waals surface area contributed by atoms with Crippen LogP contribution in [-0.2, 0) is 16.0 Å². The van der Waals surface area contributed by atoms with E-state index in [1.807, 2.05) is 24.3 Å². The van der Waals surface area contributed by atoms with Gasteiger partial charge in [-0.25, -0.2) is 4.79 Å². The van der Waals surface area contributed by atoms with Crippen LogP contribution in [0.3, 0.4) is 0 Å². The summed E-state index contributed by atoms with van der Waals surface area (Å²) in [5, 5.41) is 9.05. The lowest BCUT2D eigenvalue weighted by atomic mass is 9.97. The highest BCUT2D eigenvalue weighted by Crippen LogP contribution is 2.19. The highest BCUT2D eigenvalue weighted by molar-refractivity contribution is 5.76. The van der Waals surface area contributed by atoms with Crippen molar-refractivity contribution in [2.24, 2.45) is 0 Å². The number of aryl methyl sites for hydroxylation is 1. The standard InChI is InChI=1S/C13H18O4/c1-13(17-3,12(14)15)9-8-10-4-6-11(16-2)7-5-10/h4-7H,8-9H2,1-3H3,(H,14,15). The number of benzene rings is 1. The Kier molecular flexibility index (Phi) is 4.52. The summed E-state index contributed by atoms with van der Waals surface area (Å²) >= 11 is 0. The van der Waals surface area contributed by atoms with Crippen molar-refractivity contribution in [3.8, 4) is 5.75 Å². The Labute approximate surface area is 101 Å². The molecule has 0 saturated carbocycles. The Bertz CT molecular complexity index is 372. The van der Waals surface area contributed by atoms with Crippen molar-refractivity contribution >= 4 is 5.97 Å². The molecule has 17 heavy (non-hydrogen) atoms. The molecule has 0 aliphatic rings. The molecule has 1 atom stereocenters.